The van der Waals surface area contributed by atoms with Crippen LogP contribution in [0.2, 0.25) is 0 Å². The van der Waals surface area contributed by atoms with E-state index >= 15 is 0 Å². The van der Waals surface area contributed by atoms with Crippen molar-refractivity contribution in [3.63, 3.8) is 0 Å². The quantitative estimate of drug-likeness (QED) is 0.769. The maximum absolute atomic E-state index is 12.1. The predicted octanol–water partition coefficient (Wildman–Crippen LogP) is 2.71. The summed E-state index contributed by atoms with van der Waals surface area (Å²) in [5.74, 6) is -0.241. The highest BCUT2D eigenvalue weighted by Crippen LogP contribution is 2.22. The molecule has 1 aromatic heterocycles. The largest absolute Gasteiger partial charge is 0.465 e. The maximum atomic E-state index is 12.1. The summed E-state index contributed by atoms with van der Waals surface area (Å²) in [6.07, 6.45) is 2.40. The first-order valence-electron chi connectivity index (χ1n) is 8.73. The third-order valence-electron chi connectivity index (χ3n) is 3.84. The van der Waals surface area contributed by atoms with Gasteiger partial charge < -0.3 is 10.1 Å². The van der Waals surface area contributed by atoms with Crippen LogP contribution in [-0.4, -0.2) is 33.5 Å². The number of carbonyl (C=O) groups excluding carboxylic acids is 2. The molecule has 0 radical (unpaired) electrons. The van der Waals surface area contributed by atoms with Crippen molar-refractivity contribution < 1.29 is 14.3 Å². The molecule has 0 bridgehead atoms. The highest BCUT2D eigenvalue weighted by molar-refractivity contribution is 5.89. The van der Waals surface area contributed by atoms with Gasteiger partial charge >= 0.3 is 5.97 Å². The summed E-state index contributed by atoms with van der Waals surface area (Å²) in [7, 11) is 0. The lowest BCUT2D eigenvalue weighted by molar-refractivity contribution is -0.144. The Balaban J connectivity index is 1.82. The molecule has 1 amide bonds. The van der Waals surface area contributed by atoms with Crippen LogP contribution < -0.4 is 5.32 Å². The molecular weight excluding hydrogens is 332 g/mol. The van der Waals surface area contributed by atoms with E-state index in [0.29, 0.717) is 25.3 Å². The van der Waals surface area contributed by atoms with E-state index in [2.05, 4.69) is 60.6 Å². The number of anilines is 1. The summed E-state index contributed by atoms with van der Waals surface area (Å²) in [5.41, 5.74) is 2.49. The minimum Gasteiger partial charge on any atom is -0.465 e. The third-order valence-corrected chi connectivity index (χ3v) is 3.84. The number of aryl methyl sites for hydroxylation is 1. The fourth-order valence-electron chi connectivity index (χ4n) is 2.39. The Kier molecular flexibility index (Phi) is 6.49. The van der Waals surface area contributed by atoms with Crippen molar-refractivity contribution >= 4 is 17.7 Å². The Morgan fingerprint density at radius 1 is 1.19 bits per heavy atom. The molecule has 0 spiro atoms. The average molecular weight is 358 g/mol. The second kappa shape index (κ2) is 8.60. The van der Waals surface area contributed by atoms with Crippen LogP contribution >= 0.6 is 0 Å². The monoisotopic (exact) mass is 358 g/mol. The van der Waals surface area contributed by atoms with Gasteiger partial charge in [-0.25, -0.2) is 4.79 Å². The molecule has 0 atom stereocenters. The van der Waals surface area contributed by atoms with Gasteiger partial charge in [0.2, 0.25) is 5.91 Å². The van der Waals surface area contributed by atoms with Crippen LogP contribution in [0.15, 0.2) is 30.5 Å². The van der Waals surface area contributed by atoms with E-state index < -0.39 is 5.97 Å². The number of nitrogens with zero attached hydrogens (tertiary/aromatic N) is 3. The Hall–Kier alpha value is -2.70. The molecule has 2 aromatic rings. The van der Waals surface area contributed by atoms with Gasteiger partial charge in [-0.15, -0.1) is 5.10 Å². The highest BCUT2D eigenvalue weighted by Gasteiger charge is 2.13. The molecule has 140 valence electrons. The van der Waals surface area contributed by atoms with Crippen LogP contribution in [-0.2, 0) is 32.7 Å². The number of nitrogens with one attached hydrogen (secondary N) is 1. The van der Waals surface area contributed by atoms with E-state index in [0.717, 1.165) is 5.56 Å². The molecule has 2 rings (SSSR count). The number of benzene rings is 1. The number of hydrogen-bond donors (Lipinski definition) is 1. The van der Waals surface area contributed by atoms with Crippen molar-refractivity contribution in [1.29, 1.82) is 0 Å². The zero-order chi connectivity index (χ0) is 19.2. The van der Waals surface area contributed by atoms with Crippen molar-refractivity contribution in [2.45, 2.75) is 52.5 Å². The molecule has 0 saturated carbocycles. The Labute approximate surface area is 153 Å². The molecular formula is C19H26N4O3. The van der Waals surface area contributed by atoms with Gasteiger partial charge in [0.25, 0.3) is 0 Å². The first-order chi connectivity index (χ1) is 12.3. The minimum absolute atomic E-state index is 0.0795. The van der Waals surface area contributed by atoms with Crippen LogP contribution in [0.1, 0.15) is 45.2 Å². The lowest BCUT2D eigenvalue weighted by Crippen LogP contribution is -2.16. The molecule has 7 heteroatoms. The van der Waals surface area contributed by atoms with E-state index in [1.807, 2.05) is 0 Å². The average Bonchev–Trinajstić information content (AvgIpc) is 2.99. The van der Waals surface area contributed by atoms with Crippen LogP contribution in [0.25, 0.3) is 0 Å². The molecule has 1 N–H and O–H groups in total. The van der Waals surface area contributed by atoms with E-state index in [1.54, 1.807) is 6.92 Å². The fourth-order valence-corrected chi connectivity index (χ4v) is 2.39. The Morgan fingerprint density at radius 2 is 1.88 bits per heavy atom. The van der Waals surface area contributed by atoms with E-state index in [1.165, 1.54) is 16.6 Å². The van der Waals surface area contributed by atoms with E-state index in [4.69, 9.17) is 4.74 Å². The smallest absolute Gasteiger partial charge is 0.329 e. The van der Waals surface area contributed by atoms with Crippen LogP contribution in [0.4, 0.5) is 5.82 Å². The fraction of sp³-hybridized carbons (Fsp3) is 0.474. The maximum Gasteiger partial charge on any atom is 0.329 e. The zero-order valence-electron chi connectivity index (χ0n) is 15.8. The SMILES string of the molecule is CCOC(=O)Cn1ncc(NC(=O)CCc2ccc(C(C)(C)C)cc2)n1. The topological polar surface area (TPSA) is 86.1 Å². The van der Waals surface area contributed by atoms with Crippen molar-refractivity contribution in [3.05, 3.63) is 41.6 Å². The third kappa shape index (κ3) is 5.98. The van der Waals surface area contributed by atoms with Gasteiger partial charge in [0.1, 0.15) is 0 Å². The van der Waals surface area contributed by atoms with E-state index in [9.17, 15) is 9.59 Å². The van der Waals surface area contributed by atoms with Crippen molar-refractivity contribution in [2.75, 3.05) is 11.9 Å². The number of rotatable bonds is 7. The van der Waals surface area contributed by atoms with Crippen molar-refractivity contribution in [2.24, 2.45) is 0 Å². The lowest BCUT2D eigenvalue weighted by Gasteiger charge is -2.19. The highest BCUT2D eigenvalue weighted by atomic mass is 16.5. The Morgan fingerprint density at radius 3 is 2.50 bits per heavy atom. The van der Waals surface area contributed by atoms with Gasteiger partial charge in [-0.1, -0.05) is 45.0 Å². The molecule has 0 aliphatic rings. The predicted molar refractivity (Wildman–Crippen MR) is 98.7 cm³/mol. The number of ether oxygens (including phenoxy) is 1. The van der Waals surface area contributed by atoms with Crippen LogP contribution in [0.5, 0.6) is 0 Å². The van der Waals surface area contributed by atoms with Gasteiger partial charge in [0, 0.05) is 6.42 Å². The van der Waals surface area contributed by atoms with Gasteiger partial charge in [-0.3, -0.25) is 4.79 Å². The molecule has 1 aromatic carbocycles. The Bertz CT molecular complexity index is 745. The van der Waals surface area contributed by atoms with Gasteiger partial charge in [0.05, 0.1) is 12.8 Å². The molecule has 26 heavy (non-hydrogen) atoms. The molecule has 0 aliphatic carbocycles. The summed E-state index contributed by atoms with van der Waals surface area (Å²) in [5, 5.41) is 10.7. The first kappa shape index (κ1) is 19.6. The van der Waals surface area contributed by atoms with Crippen LogP contribution in [0, 0.1) is 0 Å². The normalized spacial score (nSPS) is 11.2. The summed E-state index contributed by atoms with van der Waals surface area (Å²) in [6.45, 7) is 8.47. The van der Waals surface area contributed by atoms with Gasteiger partial charge in [-0.05, 0) is 29.9 Å². The molecule has 7 nitrogen and oxygen atoms in total. The van der Waals surface area contributed by atoms with Crippen molar-refractivity contribution in [3.8, 4) is 0 Å². The summed E-state index contributed by atoms with van der Waals surface area (Å²) < 4.78 is 4.83. The molecule has 0 aliphatic heterocycles. The molecule has 0 unspecified atom stereocenters. The zero-order valence-corrected chi connectivity index (χ0v) is 15.8. The second-order valence-electron chi connectivity index (χ2n) is 7.06. The lowest BCUT2D eigenvalue weighted by atomic mass is 9.86. The standard InChI is InChI=1S/C19H26N4O3/c1-5-26-18(25)13-23-20-12-16(22-23)21-17(24)11-8-14-6-9-15(10-7-14)19(2,3)4/h6-7,9-10,12H,5,8,11,13H2,1-4H3,(H,21,22,24). The summed E-state index contributed by atoms with van der Waals surface area (Å²) in [4.78, 5) is 24.6. The molecule has 0 saturated heterocycles. The molecule has 1 heterocycles. The van der Waals surface area contributed by atoms with E-state index in [-0.39, 0.29) is 17.9 Å². The first-order valence-corrected chi connectivity index (χ1v) is 8.73. The number of amides is 1. The molecule has 0 fully saturated rings. The van der Waals surface area contributed by atoms with Crippen molar-refractivity contribution in [1.82, 2.24) is 15.0 Å². The number of hydrogen-bond acceptors (Lipinski definition) is 5. The summed E-state index contributed by atoms with van der Waals surface area (Å²) in [6, 6.07) is 8.33. The number of esters is 1. The van der Waals surface area contributed by atoms with Gasteiger partial charge in [-0.2, -0.15) is 9.90 Å². The van der Waals surface area contributed by atoms with Gasteiger partial charge in [0.15, 0.2) is 12.4 Å². The summed E-state index contributed by atoms with van der Waals surface area (Å²) >= 11 is 0. The van der Waals surface area contributed by atoms with Crippen LogP contribution in [0.3, 0.4) is 0 Å². The minimum atomic E-state index is -0.417. The second-order valence-corrected chi connectivity index (χ2v) is 7.06. The number of carbonyl (C=O) groups is 2. The number of aromatic nitrogens is 3.